The fourth-order valence-corrected chi connectivity index (χ4v) is 3.58. The second kappa shape index (κ2) is 10.4. The lowest BCUT2D eigenvalue weighted by atomic mass is 10.0. The minimum absolute atomic E-state index is 0.0901. The predicted molar refractivity (Wildman–Crippen MR) is 111 cm³/mol. The van der Waals surface area contributed by atoms with Crippen molar-refractivity contribution in [1.29, 1.82) is 0 Å². The van der Waals surface area contributed by atoms with Crippen molar-refractivity contribution in [3.8, 4) is 0 Å². The number of halogens is 3. The lowest BCUT2D eigenvalue weighted by Crippen LogP contribution is -2.42. The minimum atomic E-state index is -4.22. The first kappa shape index (κ1) is 25.0. The Bertz CT molecular complexity index is 735. The Labute approximate surface area is 181 Å². The molecule has 176 valence electrons. The molecule has 0 atom stereocenters. The summed E-state index contributed by atoms with van der Waals surface area (Å²) in [6, 6.07) is 3.62. The van der Waals surface area contributed by atoms with E-state index < -0.39 is 18.3 Å². The van der Waals surface area contributed by atoms with Gasteiger partial charge < -0.3 is 19.5 Å². The van der Waals surface area contributed by atoms with E-state index in [1.165, 1.54) is 11.9 Å². The molecule has 1 aliphatic heterocycles. The highest BCUT2D eigenvalue weighted by molar-refractivity contribution is 5.92. The summed E-state index contributed by atoms with van der Waals surface area (Å²) in [5.74, 6) is -0.252. The number of rotatable bonds is 7. The Morgan fingerprint density at radius 1 is 1.23 bits per heavy atom. The van der Waals surface area contributed by atoms with Gasteiger partial charge in [-0.2, -0.15) is 13.2 Å². The normalized spacial score (nSPS) is 15.9. The average molecular weight is 447 g/mol. The zero-order valence-electron chi connectivity index (χ0n) is 18.7. The van der Waals surface area contributed by atoms with Crippen LogP contribution >= 0.6 is 0 Å². The average Bonchev–Trinajstić information content (AvgIpc) is 3.12. The molecule has 31 heavy (non-hydrogen) atoms. The van der Waals surface area contributed by atoms with Crippen LogP contribution in [0.15, 0.2) is 18.3 Å². The van der Waals surface area contributed by atoms with Crippen LogP contribution in [0, 0.1) is 0 Å². The van der Waals surface area contributed by atoms with Gasteiger partial charge in [0.2, 0.25) is 0 Å². The van der Waals surface area contributed by atoms with Gasteiger partial charge in [0.05, 0.1) is 6.54 Å². The van der Waals surface area contributed by atoms with E-state index >= 15 is 0 Å². The fourth-order valence-electron chi connectivity index (χ4n) is 3.58. The summed E-state index contributed by atoms with van der Waals surface area (Å²) in [6.07, 6.45) is -0.871. The third-order valence-corrected chi connectivity index (χ3v) is 4.97. The number of aromatic nitrogens is 1. The van der Waals surface area contributed by atoms with E-state index in [1.54, 1.807) is 17.0 Å². The molecule has 0 aliphatic carbocycles. The van der Waals surface area contributed by atoms with Crippen LogP contribution in [-0.4, -0.2) is 77.9 Å². The van der Waals surface area contributed by atoms with Gasteiger partial charge in [0, 0.05) is 31.9 Å². The van der Waals surface area contributed by atoms with E-state index in [9.17, 15) is 22.8 Å². The third kappa shape index (κ3) is 8.43. The van der Waals surface area contributed by atoms with E-state index in [0.717, 1.165) is 0 Å². The zero-order chi connectivity index (χ0) is 23.2. The number of hydrogen-bond donors (Lipinski definition) is 1. The molecule has 1 N–H and O–H groups in total. The van der Waals surface area contributed by atoms with Crippen LogP contribution in [0.1, 0.15) is 56.6 Å². The number of nitrogens with zero attached hydrogens (tertiary/aromatic N) is 3. The molecule has 10 heteroatoms. The summed E-state index contributed by atoms with van der Waals surface area (Å²) in [6.45, 7) is 6.15. The second-order valence-electron chi connectivity index (χ2n) is 8.96. The van der Waals surface area contributed by atoms with E-state index in [2.05, 4.69) is 5.32 Å². The SMILES string of the molecule is CN(CCCNC(=O)c1cccn1C1CCN(C(=O)OC(C)(C)C)CC1)CC(F)(F)F. The number of piperidine rings is 1. The van der Waals surface area contributed by atoms with E-state index in [0.29, 0.717) is 44.6 Å². The highest BCUT2D eigenvalue weighted by Gasteiger charge is 2.30. The number of amides is 2. The number of carbonyl (C=O) groups is 2. The highest BCUT2D eigenvalue weighted by Crippen LogP contribution is 2.25. The van der Waals surface area contributed by atoms with Crippen LogP contribution in [-0.2, 0) is 4.74 Å². The molecule has 1 saturated heterocycles. The number of likely N-dealkylation sites (tertiary alicyclic amines) is 1. The highest BCUT2D eigenvalue weighted by atomic mass is 19.4. The largest absolute Gasteiger partial charge is 0.444 e. The first-order valence-electron chi connectivity index (χ1n) is 10.5. The summed E-state index contributed by atoms with van der Waals surface area (Å²) in [5.41, 5.74) is -0.0272. The van der Waals surface area contributed by atoms with Crippen molar-refractivity contribution in [2.75, 3.05) is 39.8 Å². The standard InChI is InChI=1S/C21H33F3N4O3/c1-20(2,3)31-19(30)27-13-8-16(9-14-27)28-12-5-7-17(28)18(29)25-10-6-11-26(4)15-21(22,23)24/h5,7,12,16H,6,8-11,13-15H2,1-4H3,(H,25,29). The van der Waals surface area contributed by atoms with Gasteiger partial charge in [0.15, 0.2) is 0 Å². The van der Waals surface area contributed by atoms with Gasteiger partial charge >= 0.3 is 12.3 Å². The number of ether oxygens (including phenoxy) is 1. The lowest BCUT2D eigenvalue weighted by molar-refractivity contribution is -0.143. The third-order valence-electron chi connectivity index (χ3n) is 4.97. The maximum Gasteiger partial charge on any atom is 0.410 e. The smallest absolute Gasteiger partial charge is 0.410 e. The van der Waals surface area contributed by atoms with Crippen molar-refractivity contribution in [1.82, 2.24) is 19.7 Å². The monoisotopic (exact) mass is 446 g/mol. The maximum absolute atomic E-state index is 12.6. The van der Waals surface area contributed by atoms with Crippen LogP contribution in [0.2, 0.25) is 0 Å². The van der Waals surface area contributed by atoms with E-state index in [1.807, 2.05) is 31.5 Å². The van der Waals surface area contributed by atoms with Crippen molar-refractivity contribution >= 4 is 12.0 Å². The van der Waals surface area contributed by atoms with Gasteiger partial charge in [-0.25, -0.2) is 4.79 Å². The number of nitrogens with one attached hydrogen (secondary N) is 1. The molecule has 7 nitrogen and oxygen atoms in total. The first-order chi connectivity index (χ1) is 14.4. The molecular weight excluding hydrogens is 413 g/mol. The van der Waals surface area contributed by atoms with Gasteiger partial charge in [-0.05, 0) is 65.8 Å². The molecule has 2 amide bonds. The Morgan fingerprint density at radius 2 is 1.87 bits per heavy atom. The molecule has 0 spiro atoms. The van der Waals surface area contributed by atoms with Gasteiger partial charge in [0.25, 0.3) is 5.91 Å². The topological polar surface area (TPSA) is 66.8 Å². The van der Waals surface area contributed by atoms with Crippen molar-refractivity contribution in [3.05, 3.63) is 24.0 Å². The first-order valence-corrected chi connectivity index (χ1v) is 10.5. The van der Waals surface area contributed by atoms with E-state index in [4.69, 9.17) is 4.74 Å². The van der Waals surface area contributed by atoms with Crippen LogP contribution in [0.3, 0.4) is 0 Å². The van der Waals surface area contributed by atoms with Gasteiger partial charge in [-0.1, -0.05) is 0 Å². The molecule has 0 bridgehead atoms. The Balaban J connectivity index is 1.81. The summed E-state index contributed by atoms with van der Waals surface area (Å²) >= 11 is 0. The molecule has 1 aromatic rings. The Kier molecular flexibility index (Phi) is 8.39. The quantitative estimate of drug-likeness (QED) is 0.649. The van der Waals surface area contributed by atoms with Crippen molar-refractivity contribution in [2.45, 2.75) is 57.9 Å². The minimum Gasteiger partial charge on any atom is -0.444 e. The van der Waals surface area contributed by atoms with Crippen LogP contribution in [0.4, 0.5) is 18.0 Å². The molecular formula is C21H33F3N4O3. The van der Waals surface area contributed by atoms with Crippen LogP contribution < -0.4 is 5.32 Å². The molecule has 1 aliphatic rings. The van der Waals surface area contributed by atoms with Crippen LogP contribution in [0.25, 0.3) is 0 Å². The molecule has 0 aromatic carbocycles. The zero-order valence-corrected chi connectivity index (χ0v) is 18.7. The van der Waals surface area contributed by atoms with Crippen molar-refractivity contribution in [2.24, 2.45) is 0 Å². The molecule has 0 unspecified atom stereocenters. The molecule has 1 fully saturated rings. The Morgan fingerprint density at radius 3 is 2.45 bits per heavy atom. The molecule has 1 aromatic heterocycles. The lowest BCUT2D eigenvalue weighted by Gasteiger charge is -2.34. The van der Waals surface area contributed by atoms with Crippen molar-refractivity contribution < 1.29 is 27.5 Å². The maximum atomic E-state index is 12.6. The summed E-state index contributed by atoms with van der Waals surface area (Å²) in [5, 5.41) is 2.78. The molecule has 0 radical (unpaired) electrons. The number of alkyl halides is 3. The molecule has 2 heterocycles. The van der Waals surface area contributed by atoms with Gasteiger partial charge in [-0.15, -0.1) is 0 Å². The summed E-state index contributed by atoms with van der Waals surface area (Å²) in [4.78, 5) is 27.7. The molecule has 2 rings (SSSR count). The Hall–Kier alpha value is -2.23. The number of hydrogen-bond acceptors (Lipinski definition) is 4. The second-order valence-corrected chi connectivity index (χ2v) is 8.96. The van der Waals surface area contributed by atoms with E-state index in [-0.39, 0.29) is 24.6 Å². The summed E-state index contributed by atoms with van der Waals surface area (Å²) in [7, 11) is 1.41. The van der Waals surface area contributed by atoms with Gasteiger partial charge in [0.1, 0.15) is 11.3 Å². The number of carbonyl (C=O) groups excluding carboxylic acids is 2. The van der Waals surface area contributed by atoms with Crippen molar-refractivity contribution in [3.63, 3.8) is 0 Å². The predicted octanol–water partition coefficient (Wildman–Crippen LogP) is 3.67. The fraction of sp³-hybridized carbons (Fsp3) is 0.714. The van der Waals surface area contributed by atoms with Crippen LogP contribution in [0.5, 0.6) is 0 Å². The molecule has 0 saturated carbocycles. The van der Waals surface area contributed by atoms with Gasteiger partial charge in [-0.3, -0.25) is 9.69 Å². The summed E-state index contributed by atoms with van der Waals surface area (Å²) < 4.78 is 44.4.